The lowest BCUT2D eigenvalue weighted by molar-refractivity contribution is -0.118. The fourth-order valence-electron chi connectivity index (χ4n) is 3.12. The molecule has 1 aliphatic heterocycles. The first kappa shape index (κ1) is 19.2. The molecule has 2 aromatic rings. The van der Waals surface area contributed by atoms with Crippen molar-refractivity contribution in [2.75, 3.05) is 11.4 Å². The van der Waals surface area contributed by atoms with Gasteiger partial charge in [0.15, 0.2) is 9.84 Å². The van der Waals surface area contributed by atoms with Gasteiger partial charge in [0.1, 0.15) is 5.25 Å². The topological polar surface area (TPSA) is 54.5 Å². The zero-order valence-corrected chi connectivity index (χ0v) is 16.6. The van der Waals surface area contributed by atoms with Crippen LogP contribution in [0.3, 0.4) is 0 Å². The van der Waals surface area contributed by atoms with Crippen molar-refractivity contribution in [2.45, 2.75) is 30.8 Å². The van der Waals surface area contributed by atoms with Crippen molar-refractivity contribution in [3.63, 3.8) is 0 Å². The SMILES string of the molecule is CC(C(=O)N1CCCc2ccccc21)S(=O)(=O)Cc1ccc(Cl)cc1Cl. The van der Waals surface area contributed by atoms with Gasteiger partial charge < -0.3 is 4.90 Å². The molecule has 1 unspecified atom stereocenters. The molecule has 7 heteroatoms. The van der Waals surface area contributed by atoms with E-state index in [0.717, 1.165) is 24.1 Å². The van der Waals surface area contributed by atoms with Crippen LogP contribution in [-0.2, 0) is 26.8 Å². The highest BCUT2D eigenvalue weighted by atomic mass is 35.5. The third-order valence-electron chi connectivity index (χ3n) is 4.63. The fourth-order valence-corrected chi connectivity index (χ4v) is 5.04. The Morgan fingerprint density at radius 2 is 1.92 bits per heavy atom. The molecular weight excluding hydrogens is 393 g/mol. The Labute approximate surface area is 163 Å². The molecule has 0 bridgehead atoms. The van der Waals surface area contributed by atoms with E-state index in [1.165, 1.54) is 13.0 Å². The summed E-state index contributed by atoms with van der Waals surface area (Å²) >= 11 is 11.9. The zero-order chi connectivity index (χ0) is 18.9. The molecule has 4 nitrogen and oxygen atoms in total. The third kappa shape index (κ3) is 3.90. The van der Waals surface area contributed by atoms with Crippen molar-refractivity contribution in [3.8, 4) is 0 Å². The molecule has 1 atom stereocenters. The number of carbonyl (C=O) groups is 1. The molecule has 2 aromatic carbocycles. The molecule has 0 aliphatic carbocycles. The maximum absolute atomic E-state index is 12.9. The Morgan fingerprint density at radius 3 is 2.65 bits per heavy atom. The molecule has 1 aliphatic rings. The van der Waals surface area contributed by atoms with E-state index in [9.17, 15) is 13.2 Å². The molecule has 3 rings (SSSR count). The van der Waals surface area contributed by atoms with Crippen LogP contribution in [0, 0.1) is 0 Å². The van der Waals surface area contributed by atoms with Crippen LogP contribution < -0.4 is 4.90 Å². The first-order chi connectivity index (χ1) is 12.3. The molecule has 0 saturated heterocycles. The van der Waals surface area contributed by atoms with Crippen LogP contribution in [0.15, 0.2) is 42.5 Å². The monoisotopic (exact) mass is 411 g/mol. The highest BCUT2D eigenvalue weighted by molar-refractivity contribution is 7.92. The van der Waals surface area contributed by atoms with Gasteiger partial charge in [0.2, 0.25) is 5.91 Å². The number of anilines is 1. The summed E-state index contributed by atoms with van der Waals surface area (Å²) < 4.78 is 25.6. The van der Waals surface area contributed by atoms with Gasteiger partial charge in [0.05, 0.1) is 5.75 Å². The van der Waals surface area contributed by atoms with Crippen LogP contribution in [0.5, 0.6) is 0 Å². The van der Waals surface area contributed by atoms with Gasteiger partial charge in [-0.1, -0.05) is 47.5 Å². The number of halogens is 2. The van der Waals surface area contributed by atoms with Gasteiger partial charge in [-0.2, -0.15) is 0 Å². The number of hydrogen-bond acceptors (Lipinski definition) is 3. The number of nitrogens with zero attached hydrogens (tertiary/aromatic N) is 1. The lowest BCUT2D eigenvalue weighted by Gasteiger charge is -2.31. The Hall–Kier alpha value is -1.56. The number of para-hydroxylation sites is 1. The highest BCUT2D eigenvalue weighted by Crippen LogP contribution is 2.29. The lowest BCUT2D eigenvalue weighted by atomic mass is 10.0. The first-order valence-electron chi connectivity index (χ1n) is 8.34. The van der Waals surface area contributed by atoms with E-state index in [1.807, 2.05) is 24.3 Å². The van der Waals surface area contributed by atoms with Gasteiger partial charge in [0.25, 0.3) is 0 Å². The summed E-state index contributed by atoms with van der Waals surface area (Å²) in [5.74, 6) is -0.701. The summed E-state index contributed by atoms with van der Waals surface area (Å²) in [6, 6.07) is 12.3. The van der Waals surface area contributed by atoms with Crippen molar-refractivity contribution in [1.82, 2.24) is 0 Å². The van der Waals surface area contributed by atoms with Crippen LogP contribution in [0.4, 0.5) is 5.69 Å². The van der Waals surface area contributed by atoms with Gasteiger partial charge in [-0.15, -0.1) is 0 Å². The van der Waals surface area contributed by atoms with Gasteiger partial charge in [0, 0.05) is 22.3 Å². The number of hydrogen-bond donors (Lipinski definition) is 0. The molecule has 0 aromatic heterocycles. The maximum atomic E-state index is 12.9. The van der Waals surface area contributed by atoms with E-state index in [0.29, 0.717) is 17.1 Å². The summed E-state index contributed by atoms with van der Waals surface area (Å²) in [7, 11) is -3.72. The van der Waals surface area contributed by atoms with E-state index < -0.39 is 21.0 Å². The number of benzene rings is 2. The molecule has 0 N–H and O–H groups in total. The maximum Gasteiger partial charge on any atom is 0.245 e. The van der Waals surface area contributed by atoms with Gasteiger partial charge >= 0.3 is 0 Å². The Balaban J connectivity index is 1.84. The second-order valence-electron chi connectivity index (χ2n) is 6.41. The minimum absolute atomic E-state index is 0.282. The Bertz CT molecular complexity index is 944. The number of amides is 1. The second kappa shape index (κ2) is 7.59. The van der Waals surface area contributed by atoms with E-state index in [2.05, 4.69) is 0 Å². The molecule has 138 valence electrons. The molecular formula is C19H19Cl2NO3S. The minimum Gasteiger partial charge on any atom is -0.311 e. The summed E-state index contributed by atoms with van der Waals surface area (Å²) in [5.41, 5.74) is 2.31. The number of aryl methyl sites for hydroxylation is 1. The molecule has 0 saturated carbocycles. The van der Waals surface area contributed by atoms with Crippen molar-refractivity contribution >= 4 is 44.6 Å². The average molecular weight is 412 g/mol. The zero-order valence-electron chi connectivity index (χ0n) is 14.3. The van der Waals surface area contributed by atoms with Gasteiger partial charge in [-0.05, 0) is 49.1 Å². The first-order valence-corrected chi connectivity index (χ1v) is 10.8. The average Bonchev–Trinajstić information content (AvgIpc) is 2.62. The lowest BCUT2D eigenvalue weighted by Crippen LogP contribution is -2.44. The minimum atomic E-state index is -3.72. The largest absolute Gasteiger partial charge is 0.311 e. The standard InChI is InChI=1S/C19H19Cl2NO3S/c1-13(26(24,25)12-15-8-9-16(20)11-17(15)21)19(23)22-10-4-6-14-5-2-3-7-18(14)22/h2-3,5,7-9,11,13H,4,6,10,12H2,1H3. The molecule has 0 fully saturated rings. The fraction of sp³-hybridized carbons (Fsp3) is 0.316. The molecule has 1 amide bonds. The number of carbonyl (C=O) groups excluding carboxylic acids is 1. The molecule has 0 spiro atoms. The van der Waals surface area contributed by atoms with Crippen LogP contribution in [-0.4, -0.2) is 26.1 Å². The second-order valence-corrected chi connectivity index (χ2v) is 9.57. The quantitative estimate of drug-likeness (QED) is 0.754. The predicted molar refractivity (Wildman–Crippen MR) is 106 cm³/mol. The predicted octanol–water partition coefficient (Wildman–Crippen LogP) is 4.28. The molecule has 1 heterocycles. The van der Waals surface area contributed by atoms with Crippen LogP contribution in [0.1, 0.15) is 24.5 Å². The van der Waals surface area contributed by atoms with Crippen molar-refractivity contribution in [1.29, 1.82) is 0 Å². The molecule has 0 radical (unpaired) electrons. The summed E-state index contributed by atoms with van der Waals surface area (Å²) in [6.07, 6.45) is 1.71. The summed E-state index contributed by atoms with van der Waals surface area (Å²) in [5, 5.41) is -0.436. The Morgan fingerprint density at radius 1 is 1.19 bits per heavy atom. The Kier molecular flexibility index (Phi) is 5.61. The van der Waals surface area contributed by atoms with Crippen LogP contribution in [0.2, 0.25) is 10.0 Å². The van der Waals surface area contributed by atoms with Crippen molar-refractivity contribution < 1.29 is 13.2 Å². The molecule has 26 heavy (non-hydrogen) atoms. The van der Waals surface area contributed by atoms with E-state index in [-0.39, 0.29) is 10.8 Å². The van der Waals surface area contributed by atoms with E-state index in [1.54, 1.807) is 17.0 Å². The van der Waals surface area contributed by atoms with Gasteiger partial charge in [-0.3, -0.25) is 4.79 Å². The van der Waals surface area contributed by atoms with Crippen molar-refractivity contribution in [2.24, 2.45) is 0 Å². The number of rotatable bonds is 4. The van der Waals surface area contributed by atoms with Crippen LogP contribution >= 0.6 is 23.2 Å². The number of sulfone groups is 1. The third-order valence-corrected chi connectivity index (χ3v) is 7.21. The van der Waals surface area contributed by atoms with Gasteiger partial charge in [-0.25, -0.2) is 8.42 Å². The summed E-state index contributed by atoms with van der Waals surface area (Å²) in [4.78, 5) is 14.5. The normalized spacial score (nSPS) is 15.4. The summed E-state index contributed by atoms with van der Waals surface area (Å²) in [6.45, 7) is 1.97. The van der Waals surface area contributed by atoms with Crippen LogP contribution in [0.25, 0.3) is 0 Å². The van der Waals surface area contributed by atoms with Crippen molar-refractivity contribution in [3.05, 3.63) is 63.6 Å². The van der Waals surface area contributed by atoms with E-state index in [4.69, 9.17) is 23.2 Å². The smallest absolute Gasteiger partial charge is 0.245 e. The number of fused-ring (bicyclic) bond motifs is 1. The van der Waals surface area contributed by atoms with E-state index >= 15 is 0 Å². The highest BCUT2D eigenvalue weighted by Gasteiger charge is 2.34.